The van der Waals surface area contributed by atoms with Crippen molar-refractivity contribution in [3.8, 4) is 0 Å². The van der Waals surface area contributed by atoms with Crippen LogP contribution in [0.5, 0.6) is 0 Å². The molecule has 1 aliphatic rings. The van der Waals surface area contributed by atoms with Gasteiger partial charge >= 0.3 is 6.03 Å². The maximum absolute atomic E-state index is 13.9. The molecule has 7 nitrogen and oxygen atoms in total. The summed E-state index contributed by atoms with van der Waals surface area (Å²) in [5.74, 6) is -2.12. The highest BCUT2D eigenvalue weighted by Gasteiger charge is 2.20. The van der Waals surface area contributed by atoms with Gasteiger partial charge < -0.3 is 25.0 Å². The molecule has 10 heteroatoms. The third-order valence-electron chi connectivity index (χ3n) is 5.71. The lowest BCUT2D eigenvalue weighted by Gasteiger charge is -2.32. The molecule has 1 aromatic heterocycles. The number of nitrogens with one attached hydrogen (secondary N) is 2. The molecule has 0 aliphatic carbocycles. The third kappa shape index (κ3) is 5.28. The smallest absolute Gasteiger partial charge is 0.319 e. The number of carbonyl (C=O) groups excluding carboxylic acids is 2. The largest absolute Gasteiger partial charge is 0.339 e. The standard InChI is InChI=1S/C23H24F3N5O2/c1-29-6-8-30(9-7-29)22(32)14-31-13-15(18-10-16(24)3-5-21(18)31)12-27-23(33)28-20-4-2-17(25)11-19(20)26/h2-5,10-11,13H,6-9,12,14H2,1H3,(H2,27,28,33). The van der Waals surface area contributed by atoms with Crippen LogP contribution in [0, 0.1) is 17.5 Å². The predicted octanol–water partition coefficient (Wildman–Crippen LogP) is 3.15. The molecular weight excluding hydrogens is 435 g/mol. The molecule has 0 bridgehead atoms. The number of halogens is 3. The van der Waals surface area contributed by atoms with Crippen LogP contribution in [0.2, 0.25) is 0 Å². The van der Waals surface area contributed by atoms with E-state index in [0.29, 0.717) is 35.6 Å². The highest BCUT2D eigenvalue weighted by atomic mass is 19.1. The highest BCUT2D eigenvalue weighted by molar-refractivity contribution is 5.90. The number of rotatable bonds is 5. The Hall–Kier alpha value is -3.53. The molecule has 0 radical (unpaired) electrons. The van der Waals surface area contributed by atoms with Crippen LogP contribution in [0.4, 0.5) is 23.7 Å². The molecule has 2 aromatic carbocycles. The van der Waals surface area contributed by atoms with E-state index < -0.39 is 23.5 Å². The number of hydrogen-bond donors (Lipinski definition) is 2. The Bertz CT molecular complexity index is 1190. The molecule has 3 amide bonds. The van der Waals surface area contributed by atoms with Crippen LogP contribution in [-0.2, 0) is 17.9 Å². The molecule has 2 N–H and O–H groups in total. The van der Waals surface area contributed by atoms with Gasteiger partial charge in [0.2, 0.25) is 5.91 Å². The Morgan fingerprint density at radius 1 is 0.970 bits per heavy atom. The molecule has 4 rings (SSSR count). The molecule has 2 heterocycles. The molecule has 1 saturated heterocycles. The molecule has 0 atom stereocenters. The van der Waals surface area contributed by atoms with E-state index in [0.717, 1.165) is 25.2 Å². The lowest BCUT2D eigenvalue weighted by atomic mass is 10.1. The number of piperazine rings is 1. The van der Waals surface area contributed by atoms with E-state index >= 15 is 0 Å². The van der Waals surface area contributed by atoms with Crippen LogP contribution >= 0.6 is 0 Å². The van der Waals surface area contributed by atoms with E-state index in [9.17, 15) is 22.8 Å². The summed E-state index contributed by atoms with van der Waals surface area (Å²) in [5.41, 5.74) is 1.10. The van der Waals surface area contributed by atoms with E-state index in [-0.39, 0.29) is 24.7 Å². The van der Waals surface area contributed by atoms with Crippen molar-refractivity contribution in [2.24, 2.45) is 0 Å². The molecule has 1 fully saturated rings. The fraction of sp³-hybridized carbons (Fsp3) is 0.304. The predicted molar refractivity (Wildman–Crippen MR) is 118 cm³/mol. The summed E-state index contributed by atoms with van der Waals surface area (Å²) in [6, 6.07) is 6.39. The van der Waals surface area contributed by atoms with Crippen LogP contribution in [0.1, 0.15) is 5.56 Å². The van der Waals surface area contributed by atoms with Crippen molar-refractivity contribution in [3.05, 3.63) is 65.6 Å². The van der Waals surface area contributed by atoms with Crippen LogP contribution in [0.15, 0.2) is 42.6 Å². The maximum Gasteiger partial charge on any atom is 0.319 e. The average Bonchev–Trinajstić information content (AvgIpc) is 3.11. The average molecular weight is 459 g/mol. The van der Waals surface area contributed by atoms with Gasteiger partial charge in [-0.3, -0.25) is 4.79 Å². The molecule has 0 unspecified atom stereocenters. The molecule has 0 spiro atoms. The zero-order chi connectivity index (χ0) is 23.5. The number of anilines is 1. The summed E-state index contributed by atoms with van der Waals surface area (Å²) in [5, 5.41) is 5.47. The second-order valence-corrected chi connectivity index (χ2v) is 8.06. The summed E-state index contributed by atoms with van der Waals surface area (Å²) >= 11 is 0. The Morgan fingerprint density at radius 2 is 1.67 bits per heavy atom. The number of fused-ring (bicyclic) bond motifs is 1. The topological polar surface area (TPSA) is 69.6 Å². The van der Waals surface area contributed by atoms with Crippen LogP contribution in [0.25, 0.3) is 10.9 Å². The molecule has 174 valence electrons. The quantitative estimate of drug-likeness (QED) is 0.616. The number of nitrogens with zero attached hydrogens (tertiary/aromatic N) is 3. The lowest BCUT2D eigenvalue weighted by molar-refractivity contribution is -0.133. The van der Waals surface area contributed by atoms with Crippen molar-refractivity contribution >= 4 is 28.5 Å². The number of aromatic nitrogens is 1. The minimum absolute atomic E-state index is 0.0182. The summed E-state index contributed by atoms with van der Waals surface area (Å²) in [6.45, 7) is 3.03. The first-order valence-electron chi connectivity index (χ1n) is 10.5. The summed E-state index contributed by atoms with van der Waals surface area (Å²) in [4.78, 5) is 29.0. The van der Waals surface area contributed by atoms with Gasteiger partial charge in [0.1, 0.15) is 24.0 Å². The Kier molecular flexibility index (Phi) is 6.55. The van der Waals surface area contributed by atoms with Gasteiger partial charge in [-0.05, 0) is 42.9 Å². The monoisotopic (exact) mass is 459 g/mol. The second-order valence-electron chi connectivity index (χ2n) is 8.06. The molecule has 1 aliphatic heterocycles. The third-order valence-corrected chi connectivity index (χ3v) is 5.71. The van der Waals surface area contributed by atoms with Crippen molar-refractivity contribution in [1.29, 1.82) is 0 Å². The molecule has 0 saturated carbocycles. The molecule has 33 heavy (non-hydrogen) atoms. The second kappa shape index (κ2) is 9.53. The Labute approximate surface area is 188 Å². The number of carbonyl (C=O) groups is 2. The number of amides is 3. The maximum atomic E-state index is 13.9. The fourth-order valence-corrected chi connectivity index (χ4v) is 3.85. The van der Waals surface area contributed by atoms with Gasteiger partial charge in [0.25, 0.3) is 0 Å². The van der Waals surface area contributed by atoms with Crippen molar-refractivity contribution in [1.82, 2.24) is 19.7 Å². The number of hydrogen-bond acceptors (Lipinski definition) is 3. The first kappa shape index (κ1) is 22.7. The summed E-state index contributed by atoms with van der Waals surface area (Å²) < 4.78 is 42.5. The van der Waals surface area contributed by atoms with Gasteiger partial charge in [-0.15, -0.1) is 0 Å². The fourth-order valence-electron chi connectivity index (χ4n) is 3.85. The van der Waals surface area contributed by atoms with Crippen LogP contribution in [-0.4, -0.2) is 59.5 Å². The zero-order valence-electron chi connectivity index (χ0n) is 18.1. The van der Waals surface area contributed by atoms with Gasteiger partial charge in [0, 0.05) is 55.9 Å². The minimum Gasteiger partial charge on any atom is -0.339 e. The Balaban J connectivity index is 1.47. The SMILES string of the molecule is CN1CCN(C(=O)Cn2cc(CNC(=O)Nc3ccc(F)cc3F)c3cc(F)ccc32)CC1. The van der Waals surface area contributed by atoms with Gasteiger partial charge in [-0.2, -0.15) is 0 Å². The minimum atomic E-state index is -0.897. The molecule has 3 aromatic rings. The van der Waals surface area contributed by atoms with E-state index in [1.165, 1.54) is 12.1 Å². The first-order valence-corrected chi connectivity index (χ1v) is 10.5. The summed E-state index contributed by atoms with van der Waals surface area (Å²) in [6.07, 6.45) is 1.71. The van der Waals surface area contributed by atoms with E-state index in [2.05, 4.69) is 15.5 Å². The van der Waals surface area contributed by atoms with E-state index in [1.807, 2.05) is 7.05 Å². The van der Waals surface area contributed by atoms with Crippen LogP contribution < -0.4 is 10.6 Å². The van der Waals surface area contributed by atoms with Gasteiger partial charge in [-0.25, -0.2) is 18.0 Å². The lowest BCUT2D eigenvalue weighted by Crippen LogP contribution is -2.48. The van der Waals surface area contributed by atoms with E-state index in [1.54, 1.807) is 21.7 Å². The Morgan fingerprint density at radius 3 is 2.39 bits per heavy atom. The van der Waals surface area contributed by atoms with Gasteiger partial charge in [0.15, 0.2) is 0 Å². The summed E-state index contributed by atoms with van der Waals surface area (Å²) in [7, 11) is 2.01. The van der Waals surface area contributed by atoms with Crippen LogP contribution in [0.3, 0.4) is 0 Å². The number of urea groups is 1. The van der Waals surface area contributed by atoms with Crippen molar-refractivity contribution in [2.45, 2.75) is 13.1 Å². The van der Waals surface area contributed by atoms with Crippen molar-refractivity contribution in [3.63, 3.8) is 0 Å². The van der Waals surface area contributed by atoms with Crippen molar-refractivity contribution in [2.75, 3.05) is 38.5 Å². The number of benzene rings is 2. The normalized spacial score (nSPS) is 14.5. The van der Waals surface area contributed by atoms with Gasteiger partial charge in [-0.1, -0.05) is 0 Å². The van der Waals surface area contributed by atoms with Crippen molar-refractivity contribution < 1.29 is 22.8 Å². The molecular formula is C23H24F3N5O2. The van der Waals surface area contributed by atoms with E-state index in [4.69, 9.17) is 0 Å². The zero-order valence-corrected chi connectivity index (χ0v) is 18.1. The highest BCUT2D eigenvalue weighted by Crippen LogP contribution is 2.23. The first-order chi connectivity index (χ1) is 15.8. The van der Waals surface area contributed by atoms with Gasteiger partial charge in [0.05, 0.1) is 5.69 Å². The number of likely N-dealkylation sites (N-methyl/N-ethyl adjacent to an activating group) is 1.